The molecular formula is C18H31N. The van der Waals surface area contributed by atoms with E-state index in [2.05, 4.69) is 52.4 Å². The van der Waals surface area contributed by atoms with Gasteiger partial charge in [-0.15, -0.1) is 0 Å². The Bertz CT molecular complexity index is 398. The minimum absolute atomic E-state index is 0.652. The SMILES string of the molecule is C=C(CCc1c[nH]c(CCC(C)C)c1C)C(C)CC. The molecule has 0 spiro atoms. The van der Waals surface area contributed by atoms with Crippen LogP contribution in [-0.4, -0.2) is 4.98 Å². The Balaban J connectivity index is 2.53. The maximum Gasteiger partial charge on any atom is 0.0179 e. The number of hydrogen-bond acceptors (Lipinski definition) is 0. The van der Waals surface area contributed by atoms with Crippen LogP contribution < -0.4 is 0 Å². The molecule has 1 N–H and O–H groups in total. The predicted molar refractivity (Wildman–Crippen MR) is 85.6 cm³/mol. The average molecular weight is 261 g/mol. The predicted octanol–water partition coefficient (Wildman–Crippen LogP) is 5.45. The normalized spacial score (nSPS) is 12.9. The first-order valence-corrected chi connectivity index (χ1v) is 7.79. The molecule has 19 heavy (non-hydrogen) atoms. The van der Waals surface area contributed by atoms with E-state index in [0.717, 1.165) is 18.8 Å². The summed E-state index contributed by atoms with van der Waals surface area (Å²) in [6.07, 6.45) is 8.10. The summed E-state index contributed by atoms with van der Waals surface area (Å²) in [7, 11) is 0. The van der Waals surface area contributed by atoms with Crippen LogP contribution >= 0.6 is 0 Å². The van der Waals surface area contributed by atoms with E-state index < -0.39 is 0 Å². The molecular weight excluding hydrogens is 230 g/mol. The van der Waals surface area contributed by atoms with Gasteiger partial charge in [-0.05, 0) is 62.0 Å². The molecule has 1 heterocycles. The summed E-state index contributed by atoms with van der Waals surface area (Å²) >= 11 is 0. The third-order valence-electron chi connectivity index (χ3n) is 4.35. The van der Waals surface area contributed by atoms with Crippen molar-refractivity contribution in [2.75, 3.05) is 0 Å². The number of aromatic amines is 1. The van der Waals surface area contributed by atoms with Crippen molar-refractivity contribution < 1.29 is 0 Å². The number of allylic oxidation sites excluding steroid dienone is 1. The summed E-state index contributed by atoms with van der Waals surface area (Å²) in [6.45, 7) is 15.6. The highest BCUT2D eigenvalue weighted by Gasteiger charge is 2.09. The molecule has 1 nitrogen and oxygen atoms in total. The number of hydrogen-bond donors (Lipinski definition) is 1. The topological polar surface area (TPSA) is 15.8 Å². The first-order chi connectivity index (χ1) is 8.95. The lowest BCUT2D eigenvalue weighted by Crippen LogP contribution is -1.99. The van der Waals surface area contributed by atoms with Crippen molar-refractivity contribution >= 4 is 0 Å². The van der Waals surface area contributed by atoms with Crippen LogP contribution in [0.1, 0.15) is 63.8 Å². The lowest BCUT2D eigenvalue weighted by atomic mass is 9.93. The van der Waals surface area contributed by atoms with Gasteiger partial charge in [0.05, 0.1) is 0 Å². The molecule has 0 aromatic carbocycles. The molecule has 1 aromatic rings. The van der Waals surface area contributed by atoms with Crippen molar-refractivity contribution in [1.29, 1.82) is 0 Å². The zero-order chi connectivity index (χ0) is 14.4. The molecule has 1 heteroatoms. The monoisotopic (exact) mass is 261 g/mol. The Labute approximate surface area is 119 Å². The lowest BCUT2D eigenvalue weighted by molar-refractivity contribution is 0.581. The molecule has 0 aliphatic heterocycles. The van der Waals surface area contributed by atoms with Crippen molar-refractivity contribution in [3.63, 3.8) is 0 Å². The summed E-state index contributed by atoms with van der Waals surface area (Å²) in [5.74, 6) is 1.43. The van der Waals surface area contributed by atoms with Crippen LogP contribution in [0.15, 0.2) is 18.3 Å². The van der Waals surface area contributed by atoms with Gasteiger partial charge in [-0.1, -0.05) is 39.8 Å². The largest absolute Gasteiger partial charge is 0.364 e. The number of aromatic nitrogens is 1. The second-order valence-corrected chi connectivity index (χ2v) is 6.32. The molecule has 0 amide bonds. The third kappa shape index (κ3) is 4.89. The van der Waals surface area contributed by atoms with Crippen LogP contribution in [0.2, 0.25) is 0 Å². The van der Waals surface area contributed by atoms with Crippen LogP contribution in [-0.2, 0) is 12.8 Å². The van der Waals surface area contributed by atoms with Gasteiger partial charge in [-0.2, -0.15) is 0 Å². The van der Waals surface area contributed by atoms with E-state index in [0.29, 0.717) is 5.92 Å². The van der Waals surface area contributed by atoms with Crippen LogP contribution in [0.3, 0.4) is 0 Å². The Morgan fingerprint density at radius 2 is 1.95 bits per heavy atom. The second kappa shape index (κ2) is 7.57. The number of rotatable bonds is 8. The molecule has 0 saturated heterocycles. The Morgan fingerprint density at radius 1 is 1.26 bits per heavy atom. The summed E-state index contributed by atoms with van der Waals surface area (Å²) < 4.78 is 0. The molecule has 0 aliphatic carbocycles. The molecule has 1 rings (SSSR count). The zero-order valence-corrected chi connectivity index (χ0v) is 13.5. The van der Waals surface area contributed by atoms with E-state index in [1.807, 2.05) is 0 Å². The van der Waals surface area contributed by atoms with Gasteiger partial charge in [-0.25, -0.2) is 0 Å². The zero-order valence-electron chi connectivity index (χ0n) is 13.5. The lowest BCUT2D eigenvalue weighted by Gasteiger charge is -2.12. The first kappa shape index (κ1) is 16.1. The molecule has 108 valence electrons. The van der Waals surface area contributed by atoms with Crippen molar-refractivity contribution in [1.82, 2.24) is 4.98 Å². The fraction of sp³-hybridized carbons (Fsp3) is 0.667. The highest BCUT2D eigenvalue weighted by atomic mass is 14.7. The number of nitrogens with one attached hydrogen (secondary N) is 1. The molecule has 1 aromatic heterocycles. The summed E-state index contributed by atoms with van der Waals surface area (Å²) in [5, 5.41) is 0. The first-order valence-electron chi connectivity index (χ1n) is 7.79. The standard InChI is InChI=1S/C18H31N/c1-7-14(4)15(5)9-10-17-12-19-18(16(17)6)11-8-13(2)3/h12-14,19H,5,7-11H2,1-4,6H3. The van der Waals surface area contributed by atoms with Gasteiger partial charge in [0.2, 0.25) is 0 Å². The van der Waals surface area contributed by atoms with Gasteiger partial charge in [0, 0.05) is 11.9 Å². The maximum absolute atomic E-state index is 4.23. The van der Waals surface area contributed by atoms with Gasteiger partial charge < -0.3 is 4.98 Å². The molecule has 0 radical (unpaired) electrons. The molecule has 1 atom stereocenters. The van der Waals surface area contributed by atoms with E-state index in [1.54, 1.807) is 0 Å². The van der Waals surface area contributed by atoms with E-state index in [-0.39, 0.29) is 0 Å². The summed E-state index contributed by atoms with van der Waals surface area (Å²) in [6, 6.07) is 0. The Morgan fingerprint density at radius 3 is 2.53 bits per heavy atom. The minimum Gasteiger partial charge on any atom is -0.364 e. The summed E-state index contributed by atoms with van der Waals surface area (Å²) in [4.78, 5) is 3.47. The molecule has 0 fully saturated rings. The third-order valence-corrected chi connectivity index (χ3v) is 4.35. The van der Waals surface area contributed by atoms with Gasteiger partial charge in [0.15, 0.2) is 0 Å². The quantitative estimate of drug-likeness (QED) is 0.599. The van der Waals surface area contributed by atoms with Crippen molar-refractivity contribution in [2.45, 2.75) is 66.7 Å². The second-order valence-electron chi connectivity index (χ2n) is 6.32. The van der Waals surface area contributed by atoms with Crippen LogP contribution in [0, 0.1) is 18.8 Å². The van der Waals surface area contributed by atoms with E-state index >= 15 is 0 Å². The minimum atomic E-state index is 0.652. The molecule has 0 saturated carbocycles. The highest BCUT2D eigenvalue weighted by Crippen LogP contribution is 2.22. The van der Waals surface area contributed by atoms with Gasteiger partial charge in [-0.3, -0.25) is 0 Å². The van der Waals surface area contributed by atoms with Gasteiger partial charge >= 0.3 is 0 Å². The van der Waals surface area contributed by atoms with Crippen molar-refractivity contribution in [2.24, 2.45) is 11.8 Å². The Kier molecular flexibility index (Phi) is 6.41. The van der Waals surface area contributed by atoms with Gasteiger partial charge in [0.25, 0.3) is 0 Å². The average Bonchev–Trinajstić information content (AvgIpc) is 2.73. The van der Waals surface area contributed by atoms with Gasteiger partial charge in [0.1, 0.15) is 0 Å². The smallest absolute Gasteiger partial charge is 0.0179 e. The van der Waals surface area contributed by atoms with E-state index in [1.165, 1.54) is 41.7 Å². The molecule has 0 bridgehead atoms. The summed E-state index contributed by atoms with van der Waals surface area (Å²) in [5.41, 5.74) is 5.77. The fourth-order valence-corrected chi connectivity index (χ4v) is 2.37. The van der Waals surface area contributed by atoms with Crippen LogP contribution in [0.4, 0.5) is 0 Å². The highest BCUT2D eigenvalue weighted by molar-refractivity contribution is 5.30. The maximum atomic E-state index is 4.23. The number of aryl methyl sites for hydroxylation is 2. The molecule has 1 unspecified atom stereocenters. The van der Waals surface area contributed by atoms with E-state index in [4.69, 9.17) is 0 Å². The Hall–Kier alpha value is -0.980. The van der Waals surface area contributed by atoms with E-state index in [9.17, 15) is 0 Å². The van der Waals surface area contributed by atoms with Crippen LogP contribution in [0.5, 0.6) is 0 Å². The van der Waals surface area contributed by atoms with Crippen molar-refractivity contribution in [3.8, 4) is 0 Å². The van der Waals surface area contributed by atoms with Crippen LogP contribution in [0.25, 0.3) is 0 Å². The molecule has 0 aliphatic rings. The fourth-order valence-electron chi connectivity index (χ4n) is 2.37. The van der Waals surface area contributed by atoms with Crippen molar-refractivity contribution in [3.05, 3.63) is 35.2 Å². The number of H-pyrrole nitrogens is 1.